The van der Waals surface area contributed by atoms with Gasteiger partial charge in [-0.2, -0.15) is 0 Å². The average molecular weight is 504 g/mol. The van der Waals surface area contributed by atoms with Crippen molar-refractivity contribution in [1.82, 2.24) is 19.5 Å². The Bertz CT molecular complexity index is 1260. The van der Waals surface area contributed by atoms with E-state index in [0.717, 1.165) is 12.2 Å². The number of nitrogens with one attached hydrogen (secondary N) is 1. The Labute approximate surface area is 206 Å². The van der Waals surface area contributed by atoms with Gasteiger partial charge in [0.1, 0.15) is 17.4 Å². The summed E-state index contributed by atoms with van der Waals surface area (Å²) in [6.45, 7) is 5.83. The number of hydrogen-bond donors (Lipinski definition) is 2. The highest BCUT2D eigenvalue weighted by Crippen LogP contribution is 2.36. The third-order valence-corrected chi connectivity index (χ3v) is 7.18. The largest absolute Gasteiger partial charge is 0.386 e. The Morgan fingerprint density at radius 1 is 1.26 bits per heavy atom. The van der Waals surface area contributed by atoms with Crippen LogP contribution in [-0.2, 0) is 14.2 Å². The molecule has 0 amide bonds. The van der Waals surface area contributed by atoms with E-state index in [0.29, 0.717) is 53.6 Å². The van der Waals surface area contributed by atoms with Crippen LogP contribution in [0.2, 0.25) is 5.02 Å². The highest BCUT2D eigenvalue weighted by Gasteiger charge is 2.43. The molecule has 0 unspecified atom stereocenters. The van der Waals surface area contributed by atoms with Crippen molar-refractivity contribution >= 4 is 28.6 Å². The van der Waals surface area contributed by atoms with E-state index in [-0.39, 0.29) is 30.1 Å². The van der Waals surface area contributed by atoms with Crippen molar-refractivity contribution in [3.05, 3.63) is 35.0 Å². The number of benzene rings is 1. The van der Waals surface area contributed by atoms with Crippen LogP contribution >= 0.6 is 11.6 Å². The molecule has 6 rings (SSSR count). The van der Waals surface area contributed by atoms with Gasteiger partial charge in [0.15, 0.2) is 12.1 Å². The lowest BCUT2D eigenvalue weighted by atomic mass is 10.0. The molecule has 0 saturated carbocycles. The molecule has 0 radical (unpaired) electrons. The number of hydrogen-bond acceptors (Lipinski definition) is 8. The van der Waals surface area contributed by atoms with E-state index in [1.807, 2.05) is 6.07 Å². The van der Waals surface area contributed by atoms with E-state index in [2.05, 4.69) is 38.7 Å². The average Bonchev–Trinajstić information content (AvgIpc) is 3.57. The van der Waals surface area contributed by atoms with Gasteiger partial charge >= 0.3 is 0 Å². The van der Waals surface area contributed by atoms with Gasteiger partial charge in [-0.3, -0.25) is 0 Å². The van der Waals surface area contributed by atoms with Crippen LogP contribution in [0.25, 0.3) is 22.3 Å². The normalized spacial score (nSPS) is 28.3. The first-order chi connectivity index (χ1) is 16.9. The maximum atomic E-state index is 15.4. The topological polar surface area (TPSA) is 104 Å². The predicted octanol–water partition coefficient (Wildman–Crippen LogP) is 3.66. The molecular weight excluding hydrogens is 477 g/mol. The Morgan fingerprint density at radius 2 is 2.11 bits per heavy atom. The zero-order valence-electron chi connectivity index (χ0n) is 19.4. The van der Waals surface area contributed by atoms with Crippen molar-refractivity contribution in [3.8, 4) is 11.3 Å². The lowest BCUT2D eigenvalue weighted by molar-refractivity contribution is -0.156. The Kier molecular flexibility index (Phi) is 5.89. The van der Waals surface area contributed by atoms with E-state index in [1.165, 1.54) is 12.3 Å². The van der Waals surface area contributed by atoms with Gasteiger partial charge < -0.3 is 29.2 Å². The van der Waals surface area contributed by atoms with E-state index < -0.39 is 18.2 Å². The minimum Gasteiger partial charge on any atom is -0.386 e. The molecule has 2 bridgehead atoms. The van der Waals surface area contributed by atoms with Crippen LogP contribution in [0.1, 0.15) is 44.5 Å². The third kappa shape index (κ3) is 4.07. The van der Waals surface area contributed by atoms with Crippen molar-refractivity contribution in [1.29, 1.82) is 0 Å². The molecule has 5 atom stereocenters. The minimum atomic E-state index is -0.858. The lowest BCUT2D eigenvalue weighted by Crippen LogP contribution is -2.48. The summed E-state index contributed by atoms with van der Waals surface area (Å²) < 4.78 is 34.0. The van der Waals surface area contributed by atoms with E-state index in [4.69, 9.17) is 25.8 Å². The van der Waals surface area contributed by atoms with Crippen LogP contribution in [0.5, 0.6) is 0 Å². The molecule has 0 spiro atoms. The molecular formula is C24H27ClFN5O4. The summed E-state index contributed by atoms with van der Waals surface area (Å²) in [5, 5.41) is 14.0. The fraction of sp³-hybridized carbons (Fsp3) is 0.542. The third-order valence-electron chi connectivity index (χ3n) is 6.90. The number of imidazole rings is 1. The van der Waals surface area contributed by atoms with Crippen LogP contribution in [0, 0.1) is 5.82 Å². The molecule has 2 N–H and O–H groups in total. The molecule has 2 aromatic heterocycles. The molecule has 3 aliphatic rings. The van der Waals surface area contributed by atoms with Crippen LogP contribution in [0.4, 0.5) is 10.3 Å². The number of aliphatic hydroxyl groups is 1. The Balaban J connectivity index is 1.38. The summed E-state index contributed by atoms with van der Waals surface area (Å²) in [5.74, 6) is 0.826. The molecule has 35 heavy (non-hydrogen) atoms. The summed E-state index contributed by atoms with van der Waals surface area (Å²) >= 11 is 6.47. The number of fused-ring (bicyclic) bond motifs is 3. The Hall–Kier alpha value is -2.37. The number of anilines is 1. The first-order valence-electron chi connectivity index (χ1n) is 11.9. The molecule has 3 saturated heterocycles. The van der Waals surface area contributed by atoms with Crippen LogP contribution in [0.15, 0.2) is 18.3 Å². The summed E-state index contributed by atoms with van der Waals surface area (Å²) in [6.07, 6.45) is 1.30. The minimum absolute atomic E-state index is 0.0796. The smallest absolute Gasteiger partial charge is 0.223 e. The van der Waals surface area contributed by atoms with Gasteiger partial charge in [0.05, 0.1) is 47.8 Å². The molecule has 11 heteroatoms. The molecule has 3 aromatic rings. The van der Waals surface area contributed by atoms with Crippen LogP contribution in [0.3, 0.4) is 0 Å². The van der Waals surface area contributed by atoms with Gasteiger partial charge in [0.2, 0.25) is 5.95 Å². The van der Waals surface area contributed by atoms with E-state index in [1.54, 1.807) is 0 Å². The van der Waals surface area contributed by atoms with Crippen LogP contribution in [-0.4, -0.2) is 69.0 Å². The predicted molar refractivity (Wildman–Crippen MR) is 127 cm³/mol. The second-order valence-corrected chi connectivity index (χ2v) is 10.1. The molecule has 3 aliphatic heterocycles. The molecule has 186 valence electrons. The summed E-state index contributed by atoms with van der Waals surface area (Å²) in [4.78, 5) is 13.5. The molecule has 3 fully saturated rings. The maximum absolute atomic E-state index is 15.4. The van der Waals surface area contributed by atoms with Gasteiger partial charge in [-0.05, 0) is 38.8 Å². The quantitative estimate of drug-likeness (QED) is 0.543. The van der Waals surface area contributed by atoms with Crippen molar-refractivity contribution in [2.24, 2.45) is 0 Å². The summed E-state index contributed by atoms with van der Waals surface area (Å²) in [7, 11) is 0. The first kappa shape index (κ1) is 23.1. The van der Waals surface area contributed by atoms with Gasteiger partial charge in [-0.25, -0.2) is 19.3 Å². The van der Waals surface area contributed by atoms with Crippen molar-refractivity contribution in [2.75, 3.05) is 25.1 Å². The van der Waals surface area contributed by atoms with Crippen LogP contribution < -0.4 is 5.32 Å². The van der Waals surface area contributed by atoms with E-state index >= 15 is 4.39 Å². The standard InChI is InChI=1S/C24H27ClFN5O4/c1-11(2)31-18-6-13(5-16(26)20(18)29-22(31)12-3-4-33-9-12)19-15(25)8-27-24(30-19)28-17-7-14-10-34-23(35-14)21(17)32/h5-6,8,11-12,14,17,21,23,32H,3-4,7,9-10H2,1-2H3,(H,27,28,30)/t12-,14-,17+,21-,23+/m0/s1. The van der Waals surface area contributed by atoms with Gasteiger partial charge in [-0.1, -0.05) is 11.6 Å². The second-order valence-electron chi connectivity index (χ2n) is 9.65. The monoisotopic (exact) mass is 503 g/mol. The highest BCUT2D eigenvalue weighted by molar-refractivity contribution is 6.33. The molecule has 1 aromatic carbocycles. The van der Waals surface area contributed by atoms with Crippen molar-refractivity contribution in [2.45, 2.75) is 63.2 Å². The number of halogens is 2. The lowest BCUT2D eigenvalue weighted by Gasteiger charge is -2.32. The molecule has 5 heterocycles. The highest BCUT2D eigenvalue weighted by atomic mass is 35.5. The number of ether oxygens (including phenoxy) is 3. The number of aliphatic hydroxyl groups excluding tert-OH is 1. The van der Waals surface area contributed by atoms with Gasteiger partial charge in [0.25, 0.3) is 0 Å². The van der Waals surface area contributed by atoms with Gasteiger partial charge in [-0.15, -0.1) is 0 Å². The number of nitrogens with zero attached hydrogens (tertiary/aromatic N) is 4. The molecule has 9 nitrogen and oxygen atoms in total. The number of aromatic nitrogens is 4. The maximum Gasteiger partial charge on any atom is 0.223 e. The van der Waals surface area contributed by atoms with Crippen molar-refractivity contribution < 1.29 is 23.7 Å². The summed E-state index contributed by atoms with van der Waals surface area (Å²) in [6, 6.07) is 3.02. The first-order valence-corrected chi connectivity index (χ1v) is 12.3. The SMILES string of the molecule is CC(C)n1c([C@H]2CCOC2)nc2c(F)cc(-c3nc(N[C@@H]4C[C@H]5CO[C@H](O5)[C@H]4O)ncc3Cl)cc21. The van der Waals surface area contributed by atoms with E-state index in [9.17, 15) is 5.11 Å². The number of rotatable bonds is 5. The molecule has 0 aliphatic carbocycles. The van der Waals surface area contributed by atoms with Crippen molar-refractivity contribution in [3.63, 3.8) is 0 Å². The Morgan fingerprint density at radius 3 is 2.89 bits per heavy atom. The zero-order valence-corrected chi connectivity index (χ0v) is 20.2. The second kappa shape index (κ2) is 8.94. The zero-order chi connectivity index (χ0) is 24.3. The fourth-order valence-corrected chi connectivity index (χ4v) is 5.41. The fourth-order valence-electron chi connectivity index (χ4n) is 5.21. The van der Waals surface area contributed by atoms with Gasteiger partial charge in [0, 0.05) is 24.1 Å². The summed E-state index contributed by atoms with van der Waals surface area (Å²) in [5.41, 5.74) is 1.94.